The molecular formula is C18H13NO5. The Morgan fingerprint density at radius 2 is 1.88 bits per heavy atom. The summed E-state index contributed by atoms with van der Waals surface area (Å²) < 4.78 is 10.7. The molecule has 0 aliphatic carbocycles. The van der Waals surface area contributed by atoms with Crippen LogP contribution in [0.25, 0.3) is 11.3 Å². The lowest BCUT2D eigenvalue weighted by Crippen LogP contribution is -2.07. The number of para-hydroxylation sites is 1. The van der Waals surface area contributed by atoms with Gasteiger partial charge in [-0.25, -0.2) is 4.79 Å². The molecule has 6 heteroatoms. The number of nitro benzene ring substituents is 1. The van der Waals surface area contributed by atoms with Gasteiger partial charge in [0.25, 0.3) is 5.69 Å². The lowest BCUT2D eigenvalue weighted by Gasteiger charge is -2.03. The summed E-state index contributed by atoms with van der Waals surface area (Å²) in [5.74, 6) is -0.0442. The Morgan fingerprint density at radius 3 is 2.62 bits per heavy atom. The largest absolute Gasteiger partial charge is 0.449 e. The van der Waals surface area contributed by atoms with Crippen LogP contribution in [0.5, 0.6) is 5.75 Å². The van der Waals surface area contributed by atoms with E-state index in [4.69, 9.17) is 9.15 Å². The molecule has 120 valence electrons. The molecule has 0 unspecified atom stereocenters. The fourth-order valence-electron chi connectivity index (χ4n) is 2.27. The van der Waals surface area contributed by atoms with Crippen molar-refractivity contribution in [1.82, 2.24) is 0 Å². The smallest absolute Gasteiger partial charge is 0.379 e. The lowest BCUT2D eigenvalue weighted by molar-refractivity contribution is -0.384. The van der Waals surface area contributed by atoms with E-state index in [-0.39, 0.29) is 17.2 Å². The summed E-state index contributed by atoms with van der Waals surface area (Å²) in [5, 5.41) is 11.1. The summed E-state index contributed by atoms with van der Waals surface area (Å²) in [6.07, 6.45) is 0. The summed E-state index contributed by atoms with van der Waals surface area (Å²) >= 11 is 0. The van der Waals surface area contributed by atoms with Crippen LogP contribution in [0.3, 0.4) is 0 Å². The lowest BCUT2D eigenvalue weighted by atomic mass is 10.1. The van der Waals surface area contributed by atoms with Crippen molar-refractivity contribution in [2.45, 2.75) is 6.92 Å². The average molecular weight is 323 g/mol. The van der Waals surface area contributed by atoms with Crippen molar-refractivity contribution in [3.63, 3.8) is 0 Å². The van der Waals surface area contributed by atoms with E-state index in [1.807, 2.05) is 13.0 Å². The molecule has 2 aromatic carbocycles. The van der Waals surface area contributed by atoms with Gasteiger partial charge in [-0.3, -0.25) is 10.1 Å². The highest BCUT2D eigenvalue weighted by Gasteiger charge is 2.20. The highest BCUT2D eigenvalue weighted by atomic mass is 16.6. The van der Waals surface area contributed by atoms with Crippen molar-refractivity contribution in [2.24, 2.45) is 0 Å². The van der Waals surface area contributed by atoms with Crippen molar-refractivity contribution in [3.8, 4) is 17.1 Å². The zero-order valence-corrected chi connectivity index (χ0v) is 12.8. The van der Waals surface area contributed by atoms with Crippen LogP contribution < -0.4 is 4.74 Å². The molecule has 1 aromatic heterocycles. The van der Waals surface area contributed by atoms with Crippen molar-refractivity contribution >= 4 is 11.7 Å². The van der Waals surface area contributed by atoms with Crippen LogP contribution in [0, 0.1) is 17.0 Å². The summed E-state index contributed by atoms with van der Waals surface area (Å²) in [4.78, 5) is 22.7. The Morgan fingerprint density at radius 1 is 1.08 bits per heavy atom. The first-order valence-electron chi connectivity index (χ1n) is 7.17. The van der Waals surface area contributed by atoms with Crippen molar-refractivity contribution < 1.29 is 18.9 Å². The highest BCUT2D eigenvalue weighted by molar-refractivity contribution is 5.89. The van der Waals surface area contributed by atoms with Crippen LogP contribution in [0.4, 0.5) is 5.69 Å². The molecule has 0 aliphatic heterocycles. The van der Waals surface area contributed by atoms with E-state index < -0.39 is 10.9 Å². The number of hydrogen-bond acceptors (Lipinski definition) is 5. The number of carbonyl (C=O) groups excluding carboxylic acids is 1. The third-order valence-electron chi connectivity index (χ3n) is 3.37. The number of benzene rings is 2. The molecule has 0 amide bonds. The Kier molecular flexibility index (Phi) is 4.11. The first-order valence-corrected chi connectivity index (χ1v) is 7.17. The van der Waals surface area contributed by atoms with Crippen molar-refractivity contribution in [3.05, 3.63) is 82.1 Å². The Bertz CT molecular complexity index is 913. The molecule has 1 heterocycles. The van der Waals surface area contributed by atoms with Crippen molar-refractivity contribution in [1.29, 1.82) is 0 Å². The molecule has 0 spiro atoms. The fraction of sp³-hybridized carbons (Fsp3) is 0.0556. The van der Waals surface area contributed by atoms with Gasteiger partial charge in [0.05, 0.1) is 10.5 Å². The maximum atomic E-state index is 12.1. The highest BCUT2D eigenvalue weighted by Crippen LogP contribution is 2.31. The van der Waals surface area contributed by atoms with Gasteiger partial charge in [-0.2, -0.15) is 0 Å². The molecule has 3 aromatic rings. The van der Waals surface area contributed by atoms with Gasteiger partial charge in [0.15, 0.2) is 0 Å². The zero-order valence-electron chi connectivity index (χ0n) is 12.8. The Hall–Kier alpha value is -3.41. The third kappa shape index (κ3) is 3.17. The predicted octanol–water partition coefficient (Wildman–Crippen LogP) is 4.38. The van der Waals surface area contributed by atoms with Gasteiger partial charge in [0, 0.05) is 6.07 Å². The molecule has 0 radical (unpaired) electrons. The minimum absolute atomic E-state index is 0.0235. The number of hydrogen-bond donors (Lipinski definition) is 0. The van der Waals surface area contributed by atoms with E-state index >= 15 is 0 Å². The molecule has 0 bridgehead atoms. The van der Waals surface area contributed by atoms with E-state index in [1.54, 1.807) is 36.4 Å². The SMILES string of the molecule is Cc1cccc(OC(=O)c2ccc(-c3ccccc3[N+](=O)[O-])o2)c1. The molecule has 24 heavy (non-hydrogen) atoms. The van der Waals surface area contributed by atoms with Gasteiger partial charge in [0.1, 0.15) is 11.5 Å². The minimum atomic E-state index is -0.662. The van der Waals surface area contributed by atoms with Crippen LogP contribution in [-0.2, 0) is 0 Å². The van der Waals surface area contributed by atoms with E-state index in [2.05, 4.69) is 0 Å². The van der Waals surface area contributed by atoms with E-state index in [0.717, 1.165) is 5.56 Å². The van der Waals surface area contributed by atoms with Gasteiger partial charge in [-0.1, -0.05) is 24.3 Å². The maximum absolute atomic E-state index is 12.1. The summed E-state index contributed by atoms with van der Waals surface area (Å²) in [6, 6.07) is 16.2. The fourth-order valence-corrected chi connectivity index (χ4v) is 2.27. The van der Waals surface area contributed by atoms with E-state index in [1.165, 1.54) is 18.2 Å². The third-order valence-corrected chi connectivity index (χ3v) is 3.37. The Balaban J connectivity index is 1.86. The summed E-state index contributed by atoms with van der Waals surface area (Å²) in [5.41, 5.74) is 1.17. The van der Waals surface area contributed by atoms with Crippen LogP contribution in [0.2, 0.25) is 0 Å². The maximum Gasteiger partial charge on any atom is 0.379 e. The Labute approximate surface area is 137 Å². The molecule has 0 aliphatic rings. The standard InChI is InChI=1S/C18H13NO5/c1-12-5-4-6-13(11-12)23-18(20)17-10-9-16(24-17)14-7-2-3-8-15(14)19(21)22/h2-11H,1H3. The van der Waals surface area contributed by atoms with E-state index in [0.29, 0.717) is 11.3 Å². The first kappa shape index (κ1) is 15.5. The molecule has 0 atom stereocenters. The summed E-state index contributed by atoms with van der Waals surface area (Å²) in [6.45, 7) is 1.89. The topological polar surface area (TPSA) is 82.6 Å². The van der Waals surface area contributed by atoms with Gasteiger partial charge in [-0.15, -0.1) is 0 Å². The number of aryl methyl sites for hydroxylation is 1. The molecule has 0 N–H and O–H groups in total. The van der Waals surface area contributed by atoms with Crippen LogP contribution in [-0.4, -0.2) is 10.9 Å². The molecule has 3 rings (SSSR count). The number of nitro groups is 1. The molecular weight excluding hydrogens is 310 g/mol. The monoisotopic (exact) mass is 323 g/mol. The molecule has 0 fully saturated rings. The van der Waals surface area contributed by atoms with Crippen molar-refractivity contribution in [2.75, 3.05) is 0 Å². The average Bonchev–Trinajstić information content (AvgIpc) is 3.05. The normalized spacial score (nSPS) is 10.4. The number of ether oxygens (including phenoxy) is 1. The first-order chi connectivity index (χ1) is 11.5. The predicted molar refractivity (Wildman–Crippen MR) is 86.9 cm³/mol. The zero-order chi connectivity index (χ0) is 17.1. The van der Waals surface area contributed by atoms with Gasteiger partial charge in [-0.05, 0) is 42.8 Å². The number of nitrogens with zero attached hydrogens (tertiary/aromatic N) is 1. The molecule has 6 nitrogen and oxygen atoms in total. The number of rotatable bonds is 4. The van der Waals surface area contributed by atoms with Gasteiger partial charge in [0.2, 0.25) is 5.76 Å². The number of furan rings is 1. The second kappa shape index (κ2) is 6.37. The second-order valence-electron chi connectivity index (χ2n) is 5.14. The second-order valence-corrected chi connectivity index (χ2v) is 5.14. The minimum Gasteiger partial charge on any atom is -0.449 e. The van der Waals surface area contributed by atoms with Gasteiger partial charge >= 0.3 is 5.97 Å². The summed E-state index contributed by atoms with van der Waals surface area (Å²) in [7, 11) is 0. The van der Waals surface area contributed by atoms with Crippen LogP contribution in [0.1, 0.15) is 16.1 Å². The van der Waals surface area contributed by atoms with E-state index in [9.17, 15) is 14.9 Å². The molecule has 0 saturated heterocycles. The quantitative estimate of drug-likeness (QED) is 0.308. The van der Waals surface area contributed by atoms with Crippen LogP contribution >= 0.6 is 0 Å². The van der Waals surface area contributed by atoms with Gasteiger partial charge < -0.3 is 9.15 Å². The number of esters is 1. The molecule has 0 saturated carbocycles. The van der Waals surface area contributed by atoms with Crippen LogP contribution in [0.15, 0.2) is 65.1 Å². The number of carbonyl (C=O) groups is 1.